The van der Waals surface area contributed by atoms with Gasteiger partial charge in [0.2, 0.25) is 11.6 Å². The Bertz CT molecular complexity index is 972. The second-order valence-electron chi connectivity index (χ2n) is 7.20. The van der Waals surface area contributed by atoms with Gasteiger partial charge in [0.25, 0.3) is 11.8 Å². The molecule has 4 rings (SSSR count). The molecule has 29 heavy (non-hydrogen) atoms. The number of hydrogen-bond acceptors (Lipinski definition) is 4. The third kappa shape index (κ3) is 2.85. The number of rotatable bonds is 5. The van der Waals surface area contributed by atoms with Crippen LogP contribution in [0.5, 0.6) is 5.75 Å². The summed E-state index contributed by atoms with van der Waals surface area (Å²) in [5.74, 6) is -0.0905. The van der Waals surface area contributed by atoms with Crippen molar-refractivity contribution in [1.29, 1.82) is 0 Å². The Morgan fingerprint density at radius 3 is 2.55 bits per heavy atom. The van der Waals surface area contributed by atoms with Crippen LogP contribution < -0.4 is 15.0 Å². The number of ether oxygens (including phenoxy) is 1. The van der Waals surface area contributed by atoms with Crippen molar-refractivity contribution in [2.75, 3.05) is 23.9 Å². The quantitative estimate of drug-likeness (QED) is 0.847. The lowest BCUT2D eigenvalue weighted by atomic mass is 9.95. The van der Waals surface area contributed by atoms with Crippen molar-refractivity contribution in [3.05, 3.63) is 54.1 Å². The molecule has 1 N–H and O–H groups in total. The first-order chi connectivity index (χ1) is 14.0. The van der Waals surface area contributed by atoms with Crippen LogP contribution in [-0.2, 0) is 9.59 Å². The number of anilines is 2. The van der Waals surface area contributed by atoms with E-state index in [1.165, 1.54) is 4.90 Å². The van der Waals surface area contributed by atoms with Gasteiger partial charge in [-0.25, -0.2) is 0 Å². The second kappa shape index (κ2) is 7.24. The van der Waals surface area contributed by atoms with E-state index in [-0.39, 0.29) is 30.6 Å². The van der Waals surface area contributed by atoms with Crippen molar-refractivity contribution >= 4 is 29.1 Å². The van der Waals surface area contributed by atoms with E-state index in [0.29, 0.717) is 35.7 Å². The fraction of sp³-hybridized carbons (Fsp3) is 0.318. The molecule has 0 radical (unpaired) electrons. The lowest BCUT2D eigenvalue weighted by Crippen LogP contribution is -2.69. The molecule has 2 aromatic rings. The molecule has 1 saturated heterocycles. The van der Waals surface area contributed by atoms with Crippen molar-refractivity contribution in [3.63, 3.8) is 0 Å². The molecule has 7 nitrogen and oxygen atoms in total. The number of carbonyl (C=O) groups excluding carboxylic acids is 3. The highest BCUT2D eigenvalue weighted by molar-refractivity contribution is 6.18. The summed E-state index contributed by atoms with van der Waals surface area (Å²) in [6.45, 7) is 2.33. The van der Waals surface area contributed by atoms with Crippen LogP contribution in [0.15, 0.2) is 48.5 Å². The first kappa shape index (κ1) is 19.0. The molecule has 1 fully saturated rings. The zero-order valence-electron chi connectivity index (χ0n) is 16.5. The summed E-state index contributed by atoms with van der Waals surface area (Å²) >= 11 is 0. The lowest BCUT2D eigenvalue weighted by Gasteiger charge is -2.49. The maximum absolute atomic E-state index is 13.6. The van der Waals surface area contributed by atoms with E-state index >= 15 is 0 Å². The highest BCUT2D eigenvalue weighted by Crippen LogP contribution is 2.45. The largest absolute Gasteiger partial charge is 0.497 e. The molecule has 0 aromatic heterocycles. The zero-order valence-corrected chi connectivity index (χ0v) is 16.5. The molecule has 1 atom stereocenters. The number of benzene rings is 2. The van der Waals surface area contributed by atoms with Gasteiger partial charge in [0, 0.05) is 25.1 Å². The highest BCUT2D eigenvalue weighted by Gasteiger charge is 2.60. The van der Waals surface area contributed by atoms with Gasteiger partial charge in [-0.2, -0.15) is 0 Å². The first-order valence-electron chi connectivity index (χ1n) is 9.72. The van der Waals surface area contributed by atoms with Crippen LogP contribution in [0.25, 0.3) is 0 Å². The molecule has 2 aliphatic rings. The third-order valence-corrected chi connectivity index (χ3v) is 5.53. The monoisotopic (exact) mass is 393 g/mol. The SMILES string of the molecule is CCCN1C(=O)c2ccccc2N2C(=O)CC[C@]12C(=O)Nc1ccc(OC)cc1. The smallest absolute Gasteiger partial charge is 0.271 e. The molecule has 0 spiro atoms. The Morgan fingerprint density at radius 2 is 1.86 bits per heavy atom. The number of hydrogen-bond donors (Lipinski definition) is 1. The zero-order chi connectivity index (χ0) is 20.6. The van der Waals surface area contributed by atoms with Crippen LogP contribution >= 0.6 is 0 Å². The molecule has 2 aliphatic heterocycles. The van der Waals surface area contributed by atoms with Crippen molar-refractivity contribution in [3.8, 4) is 5.75 Å². The van der Waals surface area contributed by atoms with Gasteiger partial charge in [-0.15, -0.1) is 0 Å². The fourth-order valence-corrected chi connectivity index (χ4v) is 4.22. The predicted molar refractivity (Wildman–Crippen MR) is 109 cm³/mol. The summed E-state index contributed by atoms with van der Waals surface area (Å²) in [5.41, 5.74) is 0.159. The summed E-state index contributed by atoms with van der Waals surface area (Å²) in [4.78, 5) is 42.8. The van der Waals surface area contributed by atoms with E-state index in [0.717, 1.165) is 0 Å². The molecule has 0 unspecified atom stereocenters. The van der Waals surface area contributed by atoms with Gasteiger partial charge in [-0.1, -0.05) is 19.1 Å². The third-order valence-electron chi connectivity index (χ3n) is 5.53. The Labute approximate surface area is 169 Å². The Morgan fingerprint density at radius 1 is 1.14 bits per heavy atom. The number of nitrogens with zero attached hydrogens (tertiary/aromatic N) is 2. The van der Waals surface area contributed by atoms with E-state index in [4.69, 9.17) is 4.74 Å². The van der Waals surface area contributed by atoms with Gasteiger partial charge in [0.05, 0.1) is 18.4 Å². The number of amides is 3. The van der Waals surface area contributed by atoms with Crippen LogP contribution in [0.3, 0.4) is 0 Å². The van der Waals surface area contributed by atoms with Gasteiger partial charge in [-0.3, -0.25) is 19.3 Å². The molecule has 0 saturated carbocycles. The molecule has 0 aliphatic carbocycles. The Kier molecular flexibility index (Phi) is 4.74. The maximum atomic E-state index is 13.6. The van der Waals surface area contributed by atoms with Crippen LogP contribution in [0.2, 0.25) is 0 Å². The van der Waals surface area contributed by atoms with Crippen LogP contribution in [-0.4, -0.2) is 41.9 Å². The summed E-state index contributed by atoms with van der Waals surface area (Å²) in [7, 11) is 1.57. The summed E-state index contributed by atoms with van der Waals surface area (Å²) < 4.78 is 5.16. The van der Waals surface area contributed by atoms with Crippen molar-refractivity contribution < 1.29 is 19.1 Å². The first-order valence-corrected chi connectivity index (χ1v) is 9.72. The number of nitrogens with one attached hydrogen (secondary N) is 1. The van der Waals surface area contributed by atoms with Gasteiger partial charge in [0.15, 0.2) is 0 Å². The average molecular weight is 393 g/mol. The topological polar surface area (TPSA) is 79.0 Å². The van der Waals surface area contributed by atoms with Crippen molar-refractivity contribution in [2.24, 2.45) is 0 Å². The van der Waals surface area contributed by atoms with Gasteiger partial charge < -0.3 is 15.0 Å². The molecule has 150 valence electrons. The normalized spacial score (nSPS) is 20.3. The average Bonchev–Trinajstić information content (AvgIpc) is 3.10. The van der Waals surface area contributed by atoms with Crippen LogP contribution in [0, 0.1) is 0 Å². The fourth-order valence-electron chi connectivity index (χ4n) is 4.22. The minimum atomic E-state index is -1.36. The van der Waals surface area contributed by atoms with E-state index in [1.807, 2.05) is 6.92 Å². The molecule has 3 amide bonds. The van der Waals surface area contributed by atoms with Crippen molar-refractivity contribution in [1.82, 2.24) is 4.90 Å². The van der Waals surface area contributed by atoms with E-state index in [2.05, 4.69) is 5.32 Å². The van der Waals surface area contributed by atoms with Crippen molar-refractivity contribution in [2.45, 2.75) is 31.8 Å². The Hall–Kier alpha value is -3.35. The molecular weight excluding hydrogens is 370 g/mol. The second-order valence-corrected chi connectivity index (χ2v) is 7.20. The molecule has 2 aromatic carbocycles. The van der Waals surface area contributed by atoms with Crippen LogP contribution in [0.1, 0.15) is 36.5 Å². The van der Waals surface area contributed by atoms with Gasteiger partial charge >= 0.3 is 0 Å². The number of methoxy groups -OCH3 is 1. The van der Waals surface area contributed by atoms with E-state index in [1.54, 1.807) is 60.5 Å². The number of para-hydroxylation sites is 1. The van der Waals surface area contributed by atoms with Gasteiger partial charge in [-0.05, 0) is 42.8 Å². The van der Waals surface area contributed by atoms with E-state index in [9.17, 15) is 14.4 Å². The number of fused-ring (bicyclic) bond motifs is 3. The van der Waals surface area contributed by atoms with Gasteiger partial charge in [0.1, 0.15) is 5.75 Å². The minimum Gasteiger partial charge on any atom is -0.497 e. The summed E-state index contributed by atoms with van der Waals surface area (Å²) in [6, 6.07) is 13.9. The highest BCUT2D eigenvalue weighted by atomic mass is 16.5. The standard InChI is InChI=1S/C22H23N3O4/c1-3-14-24-20(27)17-6-4-5-7-18(17)25-19(26)12-13-22(24,25)21(28)23-15-8-10-16(29-2)11-9-15/h4-11H,3,12-14H2,1-2H3,(H,23,28)/t22-/m0/s1. The predicted octanol–water partition coefficient (Wildman–Crippen LogP) is 3.02. The molecule has 0 bridgehead atoms. The molecule has 2 heterocycles. The van der Waals surface area contributed by atoms with Crippen LogP contribution in [0.4, 0.5) is 11.4 Å². The summed E-state index contributed by atoms with van der Waals surface area (Å²) in [6.07, 6.45) is 1.14. The molecule has 7 heteroatoms. The summed E-state index contributed by atoms with van der Waals surface area (Å²) in [5, 5.41) is 2.90. The van der Waals surface area contributed by atoms with E-state index < -0.39 is 5.66 Å². The number of carbonyl (C=O) groups is 3. The Balaban J connectivity index is 1.79. The maximum Gasteiger partial charge on any atom is 0.271 e. The minimum absolute atomic E-state index is 0.157. The molecular formula is C22H23N3O4. The lowest BCUT2D eigenvalue weighted by molar-refractivity contribution is -0.128.